The van der Waals surface area contributed by atoms with Crippen molar-refractivity contribution in [3.05, 3.63) is 33.7 Å². The zero-order valence-corrected chi connectivity index (χ0v) is 14.9. The molecule has 0 unspecified atom stereocenters. The van der Waals surface area contributed by atoms with Gasteiger partial charge in [0.15, 0.2) is 0 Å². The van der Waals surface area contributed by atoms with Gasteiger partial charge in [-0.25, -0.2) is 0 Å². The minimum absolute atomic E-state index is 0.0795. The third-order valence-electron chi connectivity index (χ3n) is 5.97. The lowest BCUT2D eigenvalue weighted by atomic mass is 9.54. The van der Waals surface area contributed by atoms with Crippen molar-refractivity contribution in [1.82, 2.24) is 9.88 Å². The fourth-order valence-corrected chi connectivity index (χ4v) is 4.64. The standard InChI is InChI=1S/C19H28N2O3/c1-4-24-16-12-15(19(16)10-6-5-7-11-19)21(3)18(23)14-9-8-13(2)20-17(14)22/h8-9,15-16H,4-7,10-12H2,1-3H3,(H,20,22)/t15-,16+/m0/s1. The molecule has 1 aromatic heterocycles. The number of nitrogens with one attached hydrogen (secondary N) is 1. The van der Waals surface area contributed by atoms with Crippen molar-refractivity contribution in [3.8, 4) is 0 Å². The smallest absolute Gasteiger partial charge is 0.260 e. The van der Waals surface area contributed by atoms with Crippen molar-refractivity contribution in [2.24, 2.45) is 5.41 Å². The molecule has 2 atom stereocenters. The predicted octanol–water partition coefficient (Wildman–Crippen LogP) is 2.88. The van der Waals surface area contributed by atoms with Crippen LogP contribution in [0.25, 0.3) is 0 Å². The van der Waals surface area contributed by atoms with Gasteiger partial charge in [-0.05, 0) is 45.2 Å². The highest BCUT2D eigenvalue weighted by Gasteiger charge is 2.57. The molecular weight excluding hydrogens is 304 g/mol. The summed E-state index contributed by atoms with van der Waals surface area (Å²) in [5, 5.41) is 0. The predicted molar refractivity (Wildman–Crippen MR) is 93.2 cm³/mol. The number of pyridine rings is 1. The van der Waals surface area contributed by atoms with Gasteiger partial charge in [-0.15, -0.1) is 0 Å². The van der Waals surface area contributed by atoms with Crippen molar-refractivity contribution < 1.29 is 9.53 Å². The number of hydrogen-bond donors (Lipinski definition) is 1. The maximum Gasteiger partial charge on any atom is 0.260 e. The fourth-order valence-electron chi connectivity index (χ4n) is 4.64. The monoisotopic (exact) mass is 332 g/mol. The number of rotatable bonds is 4. The largest absolute Gasteiger partial charge is 0.378 e. The van der Waals surface area contributed by atoms with E-state index in [9.17, 15) is 9.59 Å². The van der Waals surface area contributed by atoms with Crippen LogP contribution in [0.2, 0.25) is 0 Å². The molecular formula is C19H28N2O3. The number of carbonyl (C=O) groups is 1. The number of ether oxygens (including phenoxy) is 1. The van der Waals surface area contributed by atoms with Crippen LogP contribution in [0, 0.1) is 12.3 Å². The number of hydrogen-bond acceptors (Lipinski definition) is 3. The SMILES string of the molecule is CCO[C@@H]1C[C@H](N(C)C(=O)c2ccc(C)[nH]c2=O)C12CCCCC2. The summed E-state index contributed by atoms with van der Waals surface area (Å²) in [6.45, 7) is 4.56. The van der Waals surface area contributed by atoms with Crippen molar-refractivity contribution in [3.63, 3.8) is 0 Å². The summed E-state index contributed by atoms with van der Waals surface area (Å²) in [7, 11) is 1.84. The highest BCUT2D eigenvalue weighted by atomic mass is 16.5. The minimum Gasteiger partial charge on any atom is -0.378 e. The van der Waals surface area contributed by atoms with E-state index < -0.39 is 0 Å². The average molecular weight is 332 g/mol. The highest BCUT2D eigenvalue weighted by molar-refractivity contribution is 5.94. The van der Waals surface area contributed by atoms with Gasteiger partial charge < -0.3 is 14.6 Å². The Morgan fingerprint density at radius 3 is 2.67 bits per heavy atom. The van der Waals surface area contributed by atoms with Crippen molar-refractivity contribution in [1.29, 1.82) is 0 Å². The third kappa shape index (κ3) is 2.79. The second-order valence-corrected chi connectivity index (χ2v) is 7.29. The van der Waals surface area contributed by atoms with Gasteiger partial charge in [0.25, 0.3) is 11.5 Å². The molecule has 5 heteroatoms. The molecule has 5 nitrogen and oxygen atoms in total. The van der Waals surface area contributed by atoms with E-state index in [-0.39, 0.29) is 34.6 Å². The summed E-state index contributed by atoms with van der Waals surface area (Å²) in [6, 6.07) is 3.59. The molecule has 3 rings (SSSR count). The van der Waals surface area contributed by atoms with Crippen LogP contribution in [0.3, 0.4) is 0 Å². The zero-order chi connectivity index (χ0) is 17.3. The normalized spacial score (nSPS) is 25.3. The number of aromatic nitrogens is 1. The Morgan fingerprint density at radius 2 is 2.04 bits per heavy atom. The Labute approximate surface area is 143 Å². The Bertz CT molecular complexity index is 661. The first-order chi connectivity index (χ1) is 11.5. The van der Waals surface area contributed by atoms with Crippen LogP contribution in [-0.2, 0) is 4.74 Å². The van der Waals surface area contributed by atoms with E-state index in [0.29, 0.717) is 6.61 Å². The second kappa shape index (κ2) is 6.71. The lowest BCUT2D eigenvalue weighted by Gasteiger charge is -2.60. The van der Waals surface area contributed by atoms with Crippen LogP contribution in [0.5, 0.6) is 0 Å². The number of carbonyl (C=O) groups excluding carboxylic acids is 1. The molecule has 2 aliphatic rings. The maximum absolute atomic E-state index is 12.9. The summed E-state index contributed by atoms with van der Waals surface area (Å²) < 4.78 is 5.97. The van der Waals surface area contributed by atoms with Gasteiger partial charge in [-0.2, -0.15) is 0 Å². The molecule has 2 saturated carbocycles. The molecule has 1 heterocycles. The molecule has 0 radical (unpaired) electrons. The van der Waals surface area contributed by atoms with Gasteiger partial charge in [0.1, 0.15) is 5.56 Å². The number of H-pyrrole nitrogens is 1. The van der Waals surface area contributed by atoms with Crippen molar-refractivity contribution in [2.75, 3.05) is 13.7 Å². The van der Waals surface area contributed by atoms with Crippen LogP contribution in [0.1, 0.15) is 61.5 Å². The molecule has 24 heavy (non-hydrogen) atoms. The first kappa shape index (κ1) is 17.2. The summed E-state index contributed by atoms with van der Waals surface area (Å²) >= 11 is 0. The van der Waals surface area contributed by atoms with Gasteiger partial charge in [0, 0.05) is 30.8 Å². The van der Waals surface area contributed by atoms with E-state index >= 15 is 0 Å². The van der Waals surface area contributed by atoms with E-state index in [1.165, 1.54) is 19.3 Å². The summed E-state index contributed by atoms with van der Waals surface area (Å²) in [6.07, 6.45) is 7.02. The first-order valence-corrected chi connectivity index (χ1v) is 9.08. The molecule has 1 amide bonds. The fraction of sp³-hybridized carbons (Fsp3) is 0.684. The lowest BCUT2D eigenvalue weighted by molar-refractivity contribution is -0.170. The van der Waals surface area contributed by atoms with Crippen LogP contribution in [0.4, 0.5) is 0 Å². The van der Waals surface area contributed by atoms with E-state index in [4.69, 9.17) is 4.74 Å². The second-order valence-electron chi connectivity index (χ2n) is 7.29. The van der Waals surface area contributed by atoms with Gasteiger partial charge in [-0.1, -0.05) is 19.3 Å². The molecule has 0 aromatic carbocycles. The lowest BCUT2D eigenvalue weighted by Crippen LogP contribution is -2.65. The topological polar surface area (TPSA) is 62.4 Å². The van der Waals surface area contributed by atoms with Crippen LogP contribution in [0.15, 0.2) is 16.9 Å². The summed E-state index contributed by atoms with van der Waals surface area (Å²) in [5.74, 6) is -0.179. The molecule has 1 spiro atoms. The Morgan fingerprint density at radius 1 is 1.33 bits per heavy atom. The molecule has 2 fully saturated rings. The molecule has 1 N–H and O–H groups in total. The van der Waals surface area contributed by atoms with E-state index in [2.05, 4.69) is 4.98 Å². The van der Waals surface area contributed by atoms with Crippen LogP contribution >= 0.6 is 0 Å². The quantitative estimate of drug-likeness (QED) is 0.922. The highest BCUT2D eigenvalue weighted by Crippen LogP contribution is 2.55. The van der Waals surface area contributed by atoms with Crippen LogP contribution < -0.4 is 5.56 Å². The molecule has 2 aliphatic carbocycles. The maximum atomic E-state index is 12.9. The minimum atomic E-state index is -0.301. The molecule has 0 aliphatic heterocycles. The Kier molecular flexibility index (Phi) is 4.81. The number of amides is 1. The Balaban J connectivity index is 1.82. The van der Waals surface area contributed by atoms with E-state index in [1.54, 1.807) is 17.0 Å². The Hall–Kier alpha value is -1.62. The van der Waals surface area contributed by atoms with E-state index in [1.807, 2.05) is 20.9 Å². The van der Waals surface area contributed by atoms with Gasteiger partial charge >= 0.3 is 0 Å². The van der Waals surface area contributed by atoms with E-state index in [0.717, 1.165) is 25.0 Å². The molecule has 1 aromatic rings. The summed E-state index contributed by atoms with van der Waals surface area (Å²) in [4.78, 5) is 29.5. The van der Waals surface area contributed by atoms with Crippen molar-refractivity contribution in [2.45, 2.75) is 64.5 Å². The van der Waals surface area contributed by atoms with Gasteiger partial charge in [-0.3, -0.25) is 9.59 Å². The molecule has 132 valence electrons. The zero-order valence-electron chi connectivity index (χ0n) is 14.9. The first-order valence-electron chi connectivity index (χ1n) is 9.08. The van der Waals surface area contributed by atoms with Gasteiger partial charge in [0.05, 0.1) is 6.10 Å². The molecule has 0 bridgehead atoms. The molecule has 0 saturated heterocycles. The van der Waals surface area contributed by atoms with Crippen LogP contribution in [-0.4, -0.2) is 41.6 Å². The third-order valence-corrected chi connectivity index (χ3v) is 5.97. The number of aryl methyl sites for hydroxylation is 1. The average Bonchev–Trinajstić information content (AvgIpc) is 2.58. The number of aromatic amines is 1. The number of nitrogens with zero attached hydrogens (tertiary/aromatic N) is 1. The summed E-state index contributed by atoms with van der Waals surface area (Å²) in [5.41, 5.74) is 0.776. The van der Waals surface area contributed by atoms with Gasteiger partial charge in [0.2, 0.25) is 0 Å². The van der Waals surface area contributed by atoms with Crippen molar-refractivity contribution >= 4 is 5.91 Å².